The number of para-hydroxylation sites is 1. The number of hydrogen-bond donors (Lipinski definition) is 1. The molecule has 3 aliphatic rings. The highest BCUT2D eigenvalue weighted by molar-refractivity contribution is 7.99. The van der Waals surface area contributed by atoms with Gasteiger partial charge in [-0.3, -0.25) is 24.0 Å². The standard InChI is InChI=1S/C22H26N10O3S/c1-28-18-16(19(34)29(2)22(28)35)31(20(24-18)30-10-8-14(9-11-30)17(23)33)12-13-36-21-25-26-27-32(21)15-6-4-3-5-7-15/h3-7,14,16H,8-13H2,1-2H3,(H-,23,33)/p+1. The Morgan fingerprint density at radius 1 is 1.14 bits per heavy atom. The Kier molecular flexibility index (Phi) is 6.43. The molecule has 2 fully saturated rings. The van der Waals surface area contributed by atoms with E-state index in [-0.39, 0.29) is 17.7 Å². The molecule has 3 aliphatic heterocycles. The van der Waals surface area contributed by atoms with Crippen LogP contribution in [0.3, 0.4) is 0 Å². The van der Waals surface area contributed by atoms with Gasteiger partial charge in [-0.15, -0.1) is 5.10 Å². The first-order chi connectivity index (χ1) is 17.4. The summed E-state index contributed by atoms with van der Waals surface area (Å²) in [4.78, 5) is 46.6. The second-order valence-electron chi connectivity index (χ2n) is 8.83. The van der Waals surface area contributed by atoms with Gasteiger partial charge >= 0.3 is 12.0 Å². The molecule has 188 valence electrons. The van der Waals surface area contributed by atoms with E-state index in [0.717, 1.165) is 10.6 Å². The van der Waals surface area contributed by atoms with E-state index < -0.39 is 12.1 Å². The smallest absolute Gasteiger partial charge is 0.369 e. The highest BCUT2D eigenvalue weighted by Crippen LogP contribution is 2.26. The van der Waals surface area contributed by atoms with Gasteiger partial charge in [0.15, 0.2) is 0 Å². The van der Waals surface area contributed by atoms with Gasteiger partial charge in [0.25, 0.3) is 5.91 Å². The van der Waals surface area contributed by atoms with E-state index in [2.05, 4.69) is 20.1 Å². The molecule has 1 aromatic carbocycles. The number of carbonyl (C=O) groups excluding carboxylic acids is 3. The number of nitrogens with zero attached hydrogens (tertiary/aromatic N) is 9. The average Bonchev–Trinajstić information content (AvgIpc) is 3.52. The molecule has 5 rings (SSSR count). The summed E-state index contributed by atoms with van der Waals surface area (Å²) < 4.78 is 3.73. The zero-order chi connectivity index (χ0) is 25.4. The normalized spacial score (nSPS) is 22.3. The number of amides is 4. The maximum atomic E-state index is 13.2. The number of amidine groups is 1. The fourth-order valence-electron chi connectivity index (χ4n) is 4.67. The van der Waals surface area contributed by atoms with Crippen molar-refractivity contribution in [2.24, 2.45) is 16.6 Å². The molecule has 0 radical (unpaired) electrons. The molecule has 0 spiro atoms. The Balaban J connectivity index is 1.39. The van der Waals surface area contributed by atoms with Crippen molar-refractivity contribution < 1.29 is 19.0 Å². The number of primary amides is 1. The van der Waals surface area contributed by atoms with Crippen LogP contribution in [-0.2, 0) is 9.59 Å². The van der Waals surface area contributed by atoms with Crippen LogP contribution in [0.5, 0.6) is 0 Å². The minimum Gasteiger partial charge on any atom is -0.369 e. The predicted octanol–water partition coefficient (Wildman–Crippen LogP) is -0.375. The van der Waals surface area contributed by atoms with E-state index >= 15 is 0 Å². The van der Waals surface area contributed by atoms with E-state index in [1.165, 1.54) is 23.7 Å². The van der Waals surface area contributed by atoms with Crippen LogP contribution in [0.4, 0.5) is 4.79 Å². The van der Waals surface area contributed by atoms with Crippen molar-refractivity contribution in [3.8, 4) is 5.69 Å². The largest absolute Gasteiger partial charge is 0.392 e. The molecule has 36 heavy (non-hydrogen) atoms. The van der Waals surface area contributed by atoms with Crippen LogP contribution in [-0.4, -0.2) is 115 Å². The van der Waals surface area contributed by atoms with Crippen molar-refractivity contribution in [1.29, 1.82) is 0 Å². The molecule has 1 aromatic heterocycles. The number of rotatable bonds is 6. The minimum atomic E-state index is -0.702. The van der Waals surface area contributed by atoms with Crippen LogP contribution in [0.15, 0.2) is 40.5 Å². The molecule has 14 heteroatoms. The second kappa shape index (κ2) is 9.68. The third-order valence-corrected chi connectivity index (χ3v) is 7.59. The first kappa shape index (κ1) is 23.9. The number of nitrogens with two attached hydrogens (primary N) is 1. The first-order valence-corrected chi connectivity index (χ1v) is 12.6. The third kappa shape index (κ3) is 4.21. The summed E-state index contributed by atoms with van der Waals surface area (Å²) in [7, 11) is 3.11. The van der Waals surface area contributed by atoms with Gasteiger partial charge in [-0.2, -0.15) is 4.68 Å². The zero-order valence-corrected chi connectivity index (χ0v) is 20.8. The number of likely N-dealkylation sites (N-methyl/N-ethyl adjacent to an activating group) is 2. The molecule has 4 amide bonds. The lowest BCUT2D eigenvalue weighted by atomic mass is 9.97. The number of piperidine rings is 1. The summed E-state index contributed by atoms with van der Waals surface area (Å²) in [5.41, 5.74) is 6.36. The van der Waals surface area contributed by atoms with Crippen LogP contribution in [0.2, 0.25) is 0 Å². The SMILES string of the molecule is CN1C(=O)C2C(=NC(=[N+]3CCC(C(N)=O)CC3)N2CCSc2nnnn2-c2ccccc2)N(C)C1=O. The molecule has 2 N–H and O–H groups in total. The lowest BCUT2D eigenvalue weighted by Crippen LogP contribution is -2.63. The number of hydrogen-bond acceptors (Lipinski definition) is 7. The van der Waals surface area contributed by atoms with E-state index in [9.17, 15) is 14.4 Å². The second-order valence-corrected chi connectivity index (χ2v) is 9.89. The molecular weight excluding hydrogens is 484 g/mol. The quantitative estimate of drug-likeness (QED) is 0.408. The number of imide groups is 1. The fourth-order valence-corrected chi connectivity index (χ4v) is 5.50. The number of benzene rings is 1. The Morgan fingerprint density at radius 3 is 2.56 bits per heavy atom. The molecule has 2 saturated heterocycles. The third-order valence-electron chi connectivity index (χ3n) is 6.69. The lowest BCUT2D eigenvalue weighted by Gasteiger charge is -2.33. The topological polar surface area (TPSA) is 146 Å². The van der Waals surface area contributed by atoms with Crippen molar-refractivity contribution >= 4 is 41.4 Å². The summed E-state index contributed by atoms with van der Waals surface area (Å²) in [5, 5.41) is 12.7. The van der Waals surface area contributed by atoms with Gasteiger partial charge < -0.3 is 5.73 Å². The van der Waals surface area contributed by atoms with Crippen LogP contribution >= 0.6 is 11.8 Å². The summed E-state index contributed by atoms with van der Waals surface area (Å²) in [6, 6.07) is 8.49. The number of tetrazole rings is 1. The Bertz CT molecular complexity index is 1250. The van der Waals surface area contributed by atoms with Gasteiger partial charge in [0.2, 0.25) is 22.9 Å². The molecule has 4 heterocycles. The Labute approximate surface area is 211 Å². The van der Waals surface area contributed by atoms with Crippen molar-refractivity contribution in [1.82, 2.24) is 34.9 Å². The number of aliphatic imine (C=N–C) groups is 1. The summed E-state index contributed by atoms with van der Waals surface area (Å²) in [5.74, 6) is 0.827. The van der Waals surface area contributed by atoms with Crippen LogP contribution in [0.1, 0.15) is 12.8 Å². The van der Waals surface area contributed by atoms with Gasteiger partial charge in [0.05, 0.1) is 25.3 Å². The summed E-state index contributed by atoms with van der Waals surface area (Å²) in [6.07, 6.45) is 1.23. The van der Waals surface area contributed by atoms with Crippen molar-refractivity contribution in [3.05, 3.63) is 30.3 Å². The van der Waals surface area contributed by atoms with Crippen molar-refractivity contribution in [2.45, 2.75) is 24.0 Å². The molecular formula is C22H27N10O3S+. The molecule has 2 aromatic rings. The molecule has 1 atom stereocenters. The molecule has 13 nitrogen and oxygen atoms in total. The van der Waals surface area contributed by atoms with Crippen molar-refractivity contribution in [3.63, 3.8) is 0 Å². The van der Waals surface area contributed by atoms with Crippen LogP contribution in [0.25, 0.3) is 5.69 Å². The number of thioether (sulfide) groups is 1. The van der Waals surface area contributed by atoms with Gasteiger partial charge in [-0.1, -0.05) is 35.0 Å². The highest BCUT2D eigenvalue weighted by atomic mass is 32.2. The number of aromatic nitrogens is 4. The average molecular weight is 512 g/mol. The molecule has 0 saturated carbocycles. The van der Waals surface area contributed by atoms with Gasteiger partial charge in [-0.25, -0.2) is 9.69 Å². The maximum Gasteiger partial charge on any atom is 0.392 e. The van der Waals surface area contributed by atoms with Crippen molar-refractivity contribution in [2.75, 3.05) is 39.5 Å². The molecule has 1 unspecified atom stereocenters. The number of guanidine groups is 1. The van der Waals surface area contributed by atoms with Crippen LogP contribution < -0.4 is 5.73 Å². The highest BCUT2D eigenvalue weighted by Gasteiger charge is 2.55. The maximum absolute atomic E-state index is 13.2. The summed E-state index contributed by atoms with van der Waals surface area (Å²) >= 11 is 1.47. The zero-order valence-electron chi connectivity index (χ0n) is 20.0. The van der Waals surface area contributed by atoms with Gasteiger partial charge in [-0.05, 0) is 35.4 Å². The first-order valence-electron chi connectivity index (χ1n) is 11.6. The van der Waals surface area contributed by atoms with E-state index in [4.69, 9.17) is 10.7 Å². The van der Waals surface area contributed by atoms with E-state index in [1.807, 2.05) is 35.2 Å². The fraction of sp³-hybridized carbons (Fsp3) is 0.455. The predicted molar refractivity (Wildman–Crippen MR) is 131 cm³/mol. The molecule has 0 aliphatic carbocycles. The Morgan fingerprint density at radius 2 is 1.86 bits per heavy atom. The summed E-state index contributed by atoms with van der Waals surface area (Å²) in [6.45, 7) is 1.64. The van der Waals surface area contributed by atoms with E-state index in [0.29, 0.717) is 55.2 Å². The monoisotopic (exact) mass is 511 g/mol. The minimum absolute atomic E-state index is 0.170. The number of fused-ring (bicyclic) bond motifs is 1. The number of urea groups is 1. The van der Waals surface area contributed by atoms with Gasteiger partial charge in [0, 0.05) is 25.8 Å². The lowest BCUT2D eigenvalue weighted by molar-refractivity contribution is -0.544. The molecule has 0 bridgehead atoms. The van der Waals surface area contributed by atoms with Gasteiger partial charge in [0.1, 0.15) is 0 Å². The number of carbonyl (C=O) groups is 3. The Hall–Kier alpha value is -3.81. The van der Waals surface area contributed by atoms with E-state index in [1.54, 1.807) is 11.7 Å². The van der Waals surface area contributed by atoms with Crippen LogP contribution in [0, 0.1) is 5.92 Å².